The summed E-state index contributed by atoms with van der Waals surface area (Å²) in [7, 11) is 0. The van der Waals surface area contributed by atoms with Crippen LogP contribution in [0.25, 0.3) is 11.1 Å². The molecule has 2 aromatic rings. The molecule has 21 heavy (non-hydrogen) atoms. The van der Waals surface area contributed by atoms with E-state index in [0.29, 0.717) is 11.8 Å². The maximum absolute atomic E-state index is 3.38. The maximum atomic E-state index is 3.38. The Hall–Kier alpha value is -2.28. The lowest BCUT2D eigenvalue weighted by molar-refractivity contribution is 0.843. The van der Waals surface area contributed by atoms with Crippen LogP contribution in [-0.4, -0.2) is 0 Å². The summed E-state index contributed by atoms with van der Waals surface area (Å²) in [6, 6.07) is 13.2. The van der Waals surface area contributed by atoms with E-state index in [2.05, 4.69) is 79.9 Å². The number of rotatable bonds is 3. The summed E-state index contributed by atoms with van der Waals surface area (Å²) in [5.41, 5.74) is 8.19. The standard InChI is InChI=1S/C20H19N/c1-13(2)19-15(14-7-3-4-8-14)9-5-10-16(19)17-11-6-12-18-20(17)21-18/h3-14,21H,1-2H3. The van der Waals surface area contributed by atoms with Crippen molar-refractivity contribution in [2.75, 3.05) is 5.32 Å². The average molecular weight is 273 g/mol. The molecule has 0 aromatic heterocycles. The van der Waals surface area contributed by atoms with Gasteiger partial charge in [0.25, 0.3) is 0 Å². The number of anilines is 2. The first-order chi connectivity index (χ1) is 10.3. The topological polar surface area (TPSA) is 21.9 Å². The van der Waals surface area contributed by atoms with Gasteiger partial charge in [0.05, 0.1) is 11.4 Å². The SMILES string of the molecule is CC(C)c1c(-c2cccc3c2N3)cccc1C1C=CC=C1. The van der Waals surface area contributed by atoms with Crippen LogP contribution in [0.3, 0.4) is 0 Å². The Morgan fingerprint density at radius 3 is 2.38 bits per heavy atom. The summed E-state index contributed by atoms with van der Waals surface area (Å²) >= 11 is 0. The van der Waals surface area contributed by atoms with Gasteiger partial charge in [0.1, 0.15) is 0 Å². The first-order valence-electron chi connectivity index (χ1n) is 7.64. The smallest absolute Gasteiger partial charge is 0.0703 e. The number of fused-ring (bicyclic) bond motifs is 1. The molecule has 1 aliphatic heterocycles. The molecule has 4 rings (SSSR count). The van der Waals surface area contributed by atoms with Crippen LogP contribution in [0.5, 0.6) is 0 Å². The Balaban J connectivity index is 1.92. The zero-order valence-electron chi connectivity index (χ0n) is 12.4. The molecular formula is C20H19N. The molecule has 1 nitrogen and oxygen atoms in total. The maximum Gasteiger partial charge on any atom is 0.0703 e. The molecule has 1 aliphatic carbocycles. The van der Waals surface area contributed by atoms with Gasteiger partial charge >= 0.3 is 0 Å². The lowest BCUT2D eigenvalue weighted by Crippen LogP contribution is -2.02. The van der Waals surface area contributed by atoms with Crippen molar-refractivity contribution in [1.82, 2.24) is 0 Å². The second kappa shape index (κ2) is 4.63. The predicted molar refractivity (Wildman–Crippen MR) is 90.3 cm³/mol. The van der Waals surface area contributed by atoms with Crippen LogP contribution < -0.4 is 5.32 Å². The van der Waals surface area contributed by atoms with E-state index in [9.17, 15) is 0 Å². The van der Waals surface area contributed by atoms with E-state index in [1.165, 1.54) is 33.6 Å². The number of nitrogens with one attached hydrogen (secondary N) is 1. The molecule has 104 valence electrons. The molecule has 0 radical (unpaired) electrons. The third-order valence-corrected chi connectivity index (χ3v) is 4.38. The fourth-order valence-electron chi connectivity index (χ4n) is 3.38. The molecule has 1 N–H and O–H groups in total. The number of hydrogen-bond donors (Lipinski definition) is 1. The lowest BCUT2D eigenvalue weighted by Gasteiger charge is -2.20. The van der Waals surface area contributed by atoms with Gasteiger partial charge in [-0.25, -0.2) is 0 Å². The third-order valence-electron chi connectivity index (χ3n) is 4.38. The van der Waals surface area contributed by atoms with Crippen LogP contribution in [0.4, 0.5) is 11.4 Å². The lowest BCUT2D eigenvalue weighted by atomic mass is 9.84. The number of para-hydroxylation sites is 1. The van der Waals surface area contributed by atoms with Gasteiger partial charge in [-0.15, -0.1) is 0 Å². The van der Waals surface area contributed by atoms with Gasteiger partial charge in [0.2, 0.25) is 0 Å². The zero-order chi connectivity index (χ0) is 14.4. The van der Waals surface area contributed by atoms with Crippen molar-refractivity contribution < 1.29 is 0 Å². The van der Waals surface area contributed by atoms with Gasteiger partial charge in [0, 0.05) is 11.5 Å². The van der Waals surface area contributed by atoms with Gasteiger partial charge in [-0.1, -0.05) is 68.5 Å². The molecule has 1 heterocycles. The molecule has 0 bridgehead atoms. The number of hydrogen-bond acceptors (Lipinski definition) is 1. The molecule has 0 spiro atoms. The molecule has 0 fully saturated rings. The molecule has 1 heteroatoms. The zero-order valence-corrected chi connectivity index (χ0v) is 12.4. The van der Waals surface area contributed by atoms with Crippen LogP contribution in [0.2, 0.25) is 0 Å². The Kier molecular flexibility index (Phi) is 2.75. The number of allylic oxidation sites excluding steroid dienone is 4. The van der Waals surface area contributed by atoms with Crippen LogP contribution >= 0.6 is 0 Å². The summed E-state index contributed by atoms with van der Waals surface area (Å²) in [4.78, 5) is 0. The van der Waals surface area contributed by atoms with Crippen LogP contribution in [0.1, 0.15) is 36.8 Å². The Morgan fingerprint density at radius 2 is 1.62 bits per heavy atom. The normalized spacial score (nSPS) is 15.4. The molecule has 0 unspecified atom stereocenters. The van der Waals surface area contributed by atoms with Crippen LogP contribution in [0, 0.1) is 0 Å². The second-order valence-electron chi connectivity index (χ2n) is 6.11. The van der Waals surface area contributed by atoms with Gasteiger partial charge in [-0.3, -0.25) is 0 Å². The minimum Gasteiger partial charge on any atom is -0.352 e. The second-order valence-corrected chi connectivity index (χ2v) is 6.11. The highest BCUT2D eigenvalue weighted by Gasteiger charge is 2.24. The van der Waals surface area contributed by atoms with Gasteiger partial charge in [-0.2, -0.15) is 0 Å². The minimum absolute atomic E-state index is 0.419. The third kappa shape index (κ3) is 2.01. The van der Waals surface area contributed by atoms with Crippen molar-refractivity contribution in [2.24, 2.45) is 0 Å². The van der Waals surface area contributed by atoms with E-state index in [0.717, 1.165) is 0 Å². The number of benzene rings is 2. The molecule has 0 saturated heterocycles. The molecule has 0 amide bonds. The van der Waals surface area contributed by atoms with Crippen molar-refractivity contribution in [3.63, 3.8) is 0 Å². The molecule has 2 aliphatic rings. The van der Waals surface area contributed by atoms with Crippen molar-refractivity contribution in [2.45, 2.75) is 25.7 Å². The van der Waals surface area contributed by atoms with Crippen molar-refractivity contribution >= 4 is 11.4 Å². The monoisotopic (exact) mass is 273 g/mol. The van der Waals surface area contributed by atoms with E-state index >= 15 is 0 Å². The summed E-state index contributed by atoms with van der Waals surface area (Å²) in [6.45, 7) is 4.58. The first kappa shape index (κ1) is 12.5. The van der Waals surface area contributed by atoms with E-state index in [-0.39, 0.29) is 0 Å². The highest BCUT2D eigenvalue weighted by Crippen LogP contribution is 2.49. The predicted octanol–water partition coefficient (Wildman–Crippen LogP) is 5.74. The van der Waals surface area contributed by atoms with Crippen molar-refractivity contribution in [3.05, 3.63) is 71.8 Å². The van der Waals surface area contributed by atoms with E-state index in [1.807, 2.05) is 0 Å². The summed E-state index contributed by atoms with van der Waals surface area (Å²) in [5.74, 6) is 0.927. The summed E-state index contributed by atoms with van der Waals surface area (Å²) < 4.78 is 0. The van der Waals surface area contributed by atoms with Crippen LogP contribution in [0.15, 0.2) is 60.7 Å². The Morgan fingerprint density at radius 1 is 0.905 bits per heavy atom. The van der Waals surface area contributed by atoms with E-state index in [4.69, 9.17) is 0 Å². The van der Waals surface area contributed by atoms with E-state index in [1.54, 1.807) is 0 Å². The first-order valence-corrected chi connectivity index (χ1v) is 7.64. The van der Waals surface area contributed by atoms with Gasteiger partial charge in [0.15, 0.2) is 0 Å². The largest absolute Gasteiger partial charge is 0.352 e. The molecule has 0 saturated carbocycles. The molecular weight excluding hydrogens is 254 g/mol. The fraction of sp³-hybridized carbons (Fsp3) is 0.200. The average Bonchev–Trinajstić information content (AvgIpc) is 3.09. The highest BCUT2D eigenvalue weighted by molar-refractivity contribution is 6.02. The Bertz CT molecular complexity index is 753. The fourth-order valence-corrected chi connectivity index (χ4v) is 3.38. The minimum atomic E-state index is 0.419. The van der Waals surface area contributed by atoms with Crippen molar-refractivity contribution in [3.8, 4) is 11.1 Å². The van der Waals surface area contributed by atoms with E-state index < -0.39 is 0 Å². The van der Waals surface area contributed by atoms with Gasteiger partial charge in [-0.05, 0) is 28.7 Å². The summed E-state index contributed by atoms with van der Waals surface area (Å²) in [5, 5.41) is 3.38. The van der Waals surface area contributed by atoms with Gasteiger partial charge < -0.3 is 5.32 Å². The molecule has 2 aromatic carbocycles. The van der Waals surface area contributed by atoms with Crippen molar-refractivity contribution in [1.29, 1.82) is 0 Å². The highest BCUT2D eigenvalue weighted by atomic mass is 15.0. The summed E-state index contributed by atoms with van der Waals surface area (Å²) in [6.07, 6.45) is 8.85. The quantitative estimate of drug-likeness (QED) is 0.603. The molecule has 0 atom stereocenters. The Labute approximate surface area is 126 Å². The van der Waals surface area contributed by atoms with Crippen LogP contribution in [-0.2, 0) is 0 Å².